The summed E-state index contributed by atoms with van der Waals surface area (Å²) < 4.78 is 0.990. The standard InChI is InChI=1S/C8H10BrN3/c9-5-2-1-3-11-8(5)12-7-4-6(7)10/h1-3,6-7H,4,10H2,(H,11,12). The summed E-state index contributed by atoms with van der Waals surface area (Å²) in [6.07, 6.45) is 2.81. The Labute approximate surface area is 79.5 Å². The predicted molar refractivity (Wildman–Crippen MR) is 51.9 cm³/mol. The third-order valence-corrected chi connectivity index (χ3v) is 2.56. The van der Waals surface area contributed by atoms with Gasteiger partial charge in [0.1, 0.15) is 5.82 Å². The molecule has 2 unspecified atom stereocenters. The Balaban J connectivity index is 2.08. The van der Waals surface area contributed by atoms with Crippen molar-refractivity contribution in [3.05, 3.63) is 22.8 Å². The average molecular weight is 228 g/mol. The molecular formula is C8H10BrN3. The highest BCUT2D eigenvalue weighted by Crippen LogP contribution is 2.26. The van der Waals surface area contributed by atoms with E-state index in [4.69, 9.17) is 5.73 Å². The van der Waals surface area contributed by atoms with Crippen LogP contribution in [0.4, 0.5) is 5.82 Å². The number of hydrogen-bond acceptors (Lipinski definition) is 3. The number of nitrogens with zero attached hydrogens (tertiary/aromatic N) is 1. The number of anilines is 1. The van der Waals surface area contributed by atoms with Crippen molar-refractivity contribution in [2.24, 2.45) is 5.73 Å². The molecule has 1 fully saturated rings. The molecule has 0 radical (unpaired) electrons. The summed E-state index contributed by atoms with van der Waals surface area (Å²) in [5, 5.41) is 3.25. The Hall–Kier alpha value is -0.610. The second-order valence-electron chi connectivity index (χ2n) is 2.98. The number of nitrogens with one attached hydrogen (secondary N) is 1. The van der Waals surface area contributed by atoms with Crippen LogP contribution in [-0.4, -0.2) is 17.1 Å². The first kappa shape index (κ1) is 8.01. The highest BCUT2D eigenvalue weighted by molar-refractivity contribution is 9.10. The summed E-state index contributed by atoms with van der Waals surface area (Å²) in [4.78, 5) is 4.18. The van der Waals surface area contributed by atoms with Crippen molar-refractivity contribution in [1.29, 1.82) is 0 Å². The van der Waals surface area contributed by atoms with Gasteiger partial charge in [-0.3, -0.25) is 0 Å². The molecule has 2 rings (SSSR count). The van der Waals surface area contributed by atoms with Crippen LogP contribution in [0.1, 0.15) is 6.42 Å². The molecule has 1 aromatic heterocycles. The minimum absolute atomic E-state index is 0.305. The van der Waals surface area contributed by atoms with Gasteiger partial charge in [0.2, 0.25) is 0 Å². The zero-order chi connectivity index (χ0) is 8.55. The summed E-state index contributed by atoms with van der Waals surface area (Å²) >= 11 is 3.41. The number of pyridine rings is 1. The van der Waals surface area contributed by atoms with Gasteiger partial charge in [0.15, 0.2) is 0 Å². The molecular weight excluding hydrogens is 218 g/mol. The number of hydrogen-bond donors (Lipinski definition) is 2. The molecule has 0 aliphatic heterocycles. The Kier molecular flexibility index (Phi) is 2.02. The van der Waals surface area contributed by atoms with Gasteiger partial charge in [-0.25, -0.2) is 4.98 Å². The molecule has 64 valence electrons. The van der Waals surface area contributed by atoms with E-state index >= 15 is 0 Å². The van der Waals surface area contributed by atoms with E-state index in [9.17, 15) is 0 Å². The van der Waals surface area contributed by atoms with Crippen LogP contribution in [0.5, 0.6) is 0 Å². The molecule has 2 atom stereocenters. The third-order valence-electron chi connectivity index (χ3n) is 1.92. The summed E-state index contributed by atoms with van der Waals surface area (Å²) in [7, 11) is 0. The van der Waals surface area contributed by atoms with Crippen LogP contribution >= 0.6 is 15.9 Å². The Morgan fingerprint density at radius 1 is 1.67 bits per heavy atom. The normalized spacial score (nSPS) is 26.8. The molecule has 1 aliphatic rings. The smallest absolute Gasteiger partial charge is 0.140 e. The fourth-order valence-electron chi connectivity index (χ4n) is 1.05. The minimum atomic E-state index is 0.305. The maximum Gasteiger partial charge on any atom is 0.140 e. The molecule has 3 nitrogen and oxygen atoms in total. The number of aromatic nitrogens is 1. The molecule has 1 aliphatic carbocycles. The first-order valence-corrected chi connectivity index (χ1v) is 4.69. The zero-order valence-electron chi connectivity index (χ0n) is 6.50. The lowest BCUT2D eigenvalue weighted by Gasteiger charge is -2.04. The van der Waals surface area contributed by atoms with Gasteiger partial charge < -0.3 is 11.1 Å². The van der Waals surface area contributed by atoms with Gasteiger partial charge in [0.05, 0.1) is 4.47 Å². The van der Waals surface area contributed by atoms with Crippen molar-refractivity contribution < 1.29 is 0 Å². The quantitative estimate of drug-likeness (QED) is 0.803. The fourth-order valence-corrected chi connectivity index (χ4v) is 1.42. The van der Waals surface area contributed by atoms with Gasteiger partial charge in [-0.2, -0.15) is 0 Å². The molecule has 4 heteroatoms. The van der Waals surface area contributed by atoms with Gasteiger partial charge in [-0.05, 0) is 34.5 Å². The molecule has 3 N–H and O–H groups in total. The van der Waals surface area contributed by atoms with E-state index in [0.717, 1.165) is 16.7 Å². The first-order chi connectivity index (χ1) is 5.77. The van der Waals surface area contributed by atoms with Crippen molar-refractivity contribution in [1.82, 2.24) is 4.98 Å². The fraction of sp³-hybridized carbons (Fsp3) is 0.375. The molecule has 1 saturated carbocycles. The predicted octanol–water partition coefficient (Wildman–Crippen LogP) is 1.36. The topological polar surface area (TPSA) is 50.9 Å². The van der Waals surface area contributed by atoms with Gasteiger partial charge >= 0.3 is 0 Å². The lowest BCUT2D eigenvalue weighted by molar-refractivity contribution is 0.994. The first-order valence-electron chi connectivity index (χ1n) is 3.90. The molecule has 0 bridgehead atoms. The van der Waals surface area contributed by atoms with Gasteiger partial charge in [-0.15, -0.1) is 0 Å². The van der Waals surface area contributed by atoms with Crippen LogP contribution < -0.4 is 11.1 Å². The molecule has 0 amide bonds. The molecule has 0 saturated heterocycles. The third kappa shape index (κ3) is 1.59. The summed E-state index contributed by atoms with van der Waals surface area (Å²) in [5.74, 6) is 0.885. The largest absolute Gasteiger partial charge is 0.365 e. The lowest BCUT2D eigenvalue weighted by Crippen LogP contribution is -2.14. The van der Waals surface area contributed by atoms with Crippen molar-refractivity contribution in [3.63, 3.8) is 0 Å². The lowest BCUT2D eigenvalue weighted by atomic mass is 10.4. The molecule has 0 aromatic carbocycles. The van der Waals surface area contributed by atoms with Crippen molar-refractivity contribution in [3.8, 4) is 0 Å². The second-order valence-corrected chi connectivity index (χ2v) is 3.84. The van der Waals surface area contributed by atoms with Crippen molar-refractivity contribution >= 4 is 21.7 Å². The van der Waals surface area contributed by atoms with E-state index in [1.165, 1.54) is 0 Å². The molecule has 1 aromatic rings. The van der Waals surface area contributed by atoms with Gasteiger partial charge in [0.25, 0.3) is 0 Å². The van der Waals surface area contributed by atoms with Crippen LogP contribution in [0.15, 0.2) is 22.8 Å². The highest BCUT2D eigenvalue weighted by atomic mass is 79.9. The number of nitrogens with two attached hydrogens (primary N) is 1. The zero-order valence-corrected chi connectivity index (χ0v) is 8.08. The SMILES string of the molecule is NC1CC1Nc1ncccc1Br. The molecule has 0 spiro atoms. The number of halogens is 1. The van der Waals surface area contributed by atoms with E-state index < -0.39 is 0 Å². The monoisotopic (exact) mass is 227 g/mol. The van der Waals surface area contributed by atoms with Gasteiger partial charge in [0, 0.05) is 18.3 Å². The Morgan fingerprint density at radius 2 is 2.42 bits per heavy atom. The Bertz CT molecular complexity index is 289. The summed E-state index contributed by atoms with van der Waals surface area (Å²) in [5.41, 5.74) is 5.66. The van der Waals surface area contributed by atoms with Crippen LogP contribution in [0.25, 0.3) is 0 Å². The van der Waals surface area contributed by atoms with Gasteiger partial charge in [-0.1, -0.05) is 0 Å². The van der Waals surface area contributed by atoms with E-state index in [0.29, 0.717) is 12.1 Å². The second kappa shape index (κ2) is 3.03. The van der Waals surface area contributed by atoms with Crippen molar-refractivity contribution in [2.75, 3.05) is 5.32 Å². The molecule has 12 heavy (non-hydrogen) atoms. The molecule has 1 heterocycles. The average Bonchev–Trinajstić information content (AvgIpc) is 2.72. The summed E-state index contributed by atoms with van der Waals surface area (Å²) in [6, 6.07) is 4.57. The van der Waals surface area contributed by atoms with Crippen molar-refractivity contribution in [2.45, 2.75) is 18.5 Å². The van der Waals surface area contributed by atoms with Crippen LogP contribution in [-0.2, 0) is 0 Å². The highest BCUT2D eigenvalue weighted by Gasteiger charge is 2.33. The van der Waals surface area contributed by atoms with Crippen LogP contribution in [0.2, 0.25) is 0 Å². The van der Waals surface area contributed by atoms with Crippen LogP contribution in [0, 0.1) is 0 Å². The summed E-state index contributed by atoms with van der Waals surface area (Å²) in [6.45, 7) is 0. The minimum Gasteiger partial charge on any atom is -0.365 e. The van der Waals surface area contributed by atoms with E-state index in [1.54, 1.807) is 6.20 Å². The van der Waals surface area contributed by atoms with E-state index in [2.05, 4.69) is 26.2 Å². The maximum absolute atomic E-state index is 5.66. The number of rotatable bonds is 2. The van der Waals surface area contributed by atoms with E-state index in [1.807, 2.05) is 12.1 Å². The Morgan fingerprint density at radius 3 is 3.00 bits per heavy atom. The van der Waals surface area contributed by atoms with E-state index in [-0.39, 0.29) is 0 Å². The van der Waals surface area contributed by atoms with Crippen LogP contribution in [0.3, 0.4) is 0 Å². The maximum atomic E-state index is 5.66.